The molecule has 0 aromatic heterocycles. The molecule has 0 aromatic carbocycles. The fraction of sp³-hybridized carbons (Fsp3) is 0.615. The van der Waals surface area contributed by atoms with Gasteiger partial charge in [0.15, 0.2) is 0 Å². The van der Waals surface area contributed by atoms with Crippen molar-refractivity contribution in [2.75, 3.05) is 0 Å². The molecule has 1 heteroatoms. The number of rotatable bonds is 3. The fourth-order valence-corrected chi connectivity index (χ4v) is 1.91. The van der Waals surface area contributed by atoms with Gasteiger partial charge in [0.2, 0.25) is 0 Å². The van der Waals surface area contributed by atoms with Crippen molar-refractivity contribution in [1.82, 2.24) is 0 Å². The Labute approximate surface area is 87.6 Å². The zero-order valence-electron chi connectivity index (χ0n) is 9.64. The van der Waals surface area contributed by atoms with Crippen molar-refractivity contribution in [3.63, 3.8) is 0 Å². The lowest BCUT2D eigenvalue weighted by atomic mass is 9.90. The molecule has 1 rings (SSSR count). The lowest BCUT2D eigenvalue weighted by Gasteiger charge is -2.20. The molecule has 1 atom stereocenters. The highest BCUT2D eigenvalue weighted by Crippen LogP contribution is 2.35. The number of aliphatic imine (C=N–C) groups is 1. The SMILES string of the molecule is C=CC(=C)C(C)N=C1CCCC1(C)C. The van der Waals surface area contributed by atoms with Gasteiger partial charge in [0.1, 0.15) is 0 Å². The van der Waals surface area contributed by atoms with Gasteiger partial charge in [-0.15, -0.1) is 0 Å². The molecule has 0 aromatic rings. The maximum absolute atomic E-state index is 4.75. The summed E-state index contributed by atoms with van der Waals surface area (Å²) in [5.74, 6) is 0. The monoisotopic (exact) mass is 191 g/mol. The van der Waals surface area contributed by atoms with Gasteiger partial charge in [-0.05, 0) is 31.8 Å². The van der Waals surface area contributed by atoms with Crippen molar-refractivity contribution in [1.29, 1.82) is 0 Å². The quantitative estimate of drug-likeness (QED) is 0.602. The molecule has 0 aliphatic heterocycles. The van der Waals surface area contributed by atoms with Gasteiger partial charge in [0, 0.05) is 11.1 Å². The van der Waals surface area contributed by atoms with Crippen LogP contribution < -0.4 is 0 Å². The van der Waals surface area contributed by atoms with E-state index in [1.54, 1.807) is 6.08 Å². The molecule has 1 aliphatic carbocycles. The van der Waals surface area contributed by atoms with Crippen molar-refractivity contribution in [2.24, 2.45) is 10.4 Å². The van der Waals surface area contributed by atoms with Crippen molar-refractivity contribution in [3.8, 4) is 0 Å². The third-order valence-corrected chi connectivity index (χ3v) is 3.14. The Balaban J connectivity index is 2.77. The third-order valence-electron chi connectivity index (χ3n) is 3.14. The summed E-state index contributed by atoms with van der Waals surface area (Å²) in [5, 5.41) is 0. The van der Waals surface area contributed by atoms with Crippen LogP contribution in [-0.4, -0.2) is 11.8 Å². The minimum absolute atomic E-state index is 0.194. The number of nitrogens with zero attached hydrogens (tertiary/aromatic N) is 1. The van der Waals surface area contributed by atoms with E-state index in [0.29, 0.717) is 5.41 Å². The molecule has 1 saturated carbocycles. The number of hydrogen-bond acceptors (Lipinski definition) is 1. The molecule has 1 unspecified atom stereocenters. The van der Waals surface area contributed by atoms with Crippen LogP contribution in [0.1, 0.15) is 40.0 Å². The second-order valence-corrected chi connectivity index (χ2v) is 4.77. The molecule has 1 nitrogen and oxygen atoms in total. The first-order chi connectivity index (χ1) is 6.47. The average Bonchev–Trinajstić information content (AvgIpc) is 2.44. The zero-order chi connectivity index (χ0) is 10.8. The van der Waals surface area contributed by atoms with Crippen LogP contribution in [0.3, 0.4) is 0 Å². The van der Waals surface area contributed by atoms with E-state index in [2.05, 4.69) is 33.9 Å². The van der Waals surface area contributed by atoms with Crippen LogP contribution >= 0.6 is 0 Å². The minimum atomic E-state index is 0.194. The van der Waals surface area contributed by atoms with Crippen LogP contribution in [0.2, 0.25) is 0 Å². The van der Waals surface area contributed by atoms with Crippen molar-refractivity contribution in [3.05, 3.63) is 24.8 Å². The standard InChI is InChI=1S/C13H21N/c1-6-10(2)11(3)14-12-8-7-9-13(12,4)5/h6,11H,1-2,7-9H2,3-5H3. The predicted octanol–water partition coefficient (Wildman–Crippen LogP) is 3.77. The van der Waals surface area contributed by atoms with E-state index in [1.165, 1.54) is 18.6 Å². The van der Waals surface area contributed by atoms with Crippen molar-refractivity contribution >= 4 is 5.71 Å². The van der Waals surface area contributed by atoms with Gasteiger partial charge in [-0.25, -0.2) is 0 Å². The Morgan fingerprint density at radius 1 is 1.57 bits per heavy atom. The van der Waals surface area contributed by atoms with E-state index in [4.69, 9.17) is 4.99 Å². The first-order valence-corrected chi connectivity index (χ1v) is 5.36. The fourth-order valence-electron chi connectivity index (χ4n) is 1.91. The maximum atomic E-state index is 4.75. The molecule has 0 N–H and O–H groups in total. The second-order valence-electron chi connectivity index (χ2n) is 4.77. The minimum Gasteiger partial charge on any atom is -0.286 e. The Morgan fingerprint density at radius 3 is 2.64 bits per heavy atom. The van der Waals surface area contributed by atoms with Gasteiger partial charge < -0.3 is 0 Å². The lowest BCUT2D eigenvalue weighted by Crippen LogP contribution is -2.19. The molecule has 0 radical (unpaired) electrons. The van der Waals surface area contributed by atoms with E-state index < -0.39 is 0 Å². The summed E-state index contributed by atoms with van der Waals surface area (Å²) in [5.41, 5.74) is 2.67. The molecule has 0 bridgehead atoms. The smallest absolute Gasteiger partial charge is 0.0714 e. The van der Waals surface area contributed by atoms with E-state index in [1.807, 2.05) is 0 Å². The van der Waals surface area contributed by atoms with Crippen molar-refractivity contribution in [2.45, 2.75) is 46.1 Å². The summed E-state index contributed by atoms with van der Waals surface area (Å²) in [6.45, 7) is 14.3. The Bertz CT molecular complexity index is 271. The van der Waals surface area contributed by atoms with Gasteiger partial charge in [-0.2, -0.15) is 0 Å². The molecule has 0 spiro atoms. The summed E-state index contributed by atoms with van der Waals surface area (Å²) in [6, 6.07) is 0.194. The molecule has 14 heavy (non-hydrogen) atoms. The van der Waals surface area contributed by atoms with E-state index >= 15 is 0 Å². The molecule has 0 heterocycles. The first kappa shape index (κ1) is 11.2. The highest BCUT2D eigenvalue weighted by atomic mass is 14.8. The van der Waals surface area contributed by atoms with Crippen LogP contribution in [0.4, 0.5) is 0 Å². The van der Waals surface area contributed by atoms with Crippen LogP contribution in [-0.2, 0) is 0 Å². The predicted molar refractivity (Wildman–Crippen MR) is 63.9 cm³/mol. The van der Waals surface area contributed by atoms with E-state index in [-0.39, 0.29) is 6.04 Å². The summed E-state index contributed by atoms with van der Waals surface area (Å²) in [7, 11) is 0. The van der Waals surface area contributed by atoms with Crippen LogP contribution in [0.5, 0.6) is 0 Å². The van der Waals surface area contributed by atoms with E-state index in [9.17, 15) is 0 Å². The maximum Gasteiger partial charge on any atom is 0.0714 e. The molecule has 0 amide bonds. The van der Waals surface area contributed by atoms with Gasteiger partial charge in [-0.1, -0.05) is 33.1 Å². The summed E-state index contributed by atoms with van der Waals surface area (Å²) in [4.78, 5) is 4.75. The van der Waals surface area contributed by atoms with Crippen LogP contribution in [0, 0.1) is 5.41 Å². The largest absolute Gasteiger partial charge is 0.286 e. The summed E-state index contributed by atoms with van der Waals surface area (Å²) < 4.78 is 0. The molecule has 78 valence electrons. The van der Waals surface area contributed by atoms with Crippen LogP contribution in [0.15, 0.2) is 29.8 Å². The Morgan fingerprint density at radius 2 is 2.21 bits per heavy atom. The highest BCUT2D eigenvalue weighted by Gasteiger charge is 2.30. The lowest BCUT2D eigenvalue weighted by molar-refractivity contribution is 0.509. The summed E-state index contributed by atoms with van der Waals surface area (Å²) in [6.07, 6.45) is 5.50. The van der Waals surface area contributed by atoms with E-state index in [0.717, 1.165) is 12.0 Å². The second kappa shape index (κ2) is 4.12. The van der Waals surface area contributed by atoms with Gasteiger partial charge in [0.25, 0.3) is 0 Å². The van der Waals surface area contributed by atoms with Gasteiger partial charge >= 0.3 is 0 Å². The third kappa shape index (κ3) is 2.34. The Hall–Kier alpha value is -0.850. The van der Waals surface area contributed by atoms with Gasteiger partial charge in [0.05, 0.1) is 6.04 Å². The van der Waals surface area contributed by atoms with Gasteiger partial charge in [-0.3, -0.25) is 4.99 Å². The molecule has 1 fully saturated rings. The molecule has 1 aliphatic rings. The van der Waals surface area contributed by atoms with Crippen molar-refractivity contribution < 1.29 is 0 Å². The molecular formula is C13H21N. The topological polar surface area (TPSA) is 12.4 Å². The Kier molecular flexibility index (Phi) is 3.30. The molecule has 0 saturated heterocycles. The normalized spacial score (nSPS) is 24.9. The average molecular weight is 191 g/mol. The van der Waals surface area contributed by atoms with Crippen LogP contribution in [0.25, 0.3) is 0 Å². The first-order valence-electron chi connectivity index (χ1n) is 5.36. The highest BCUT2D eigenvalue weighted by molar-refractivity contribution is 5.91. The summed E-state index contributed by atoms with van der Waals surface area (Å²) >= 11 is 0. The molecular weight excluding hydrogens is 170 g/mol. The number of hydrogen-bond donors (Lipinski definition) is 0. The zero-order valence-corrected chi connectivity index (χ0v) is 9.64.